The van der Waals surface area contributed by atoms with Gasteiger partial charge in [-0.2, -0.15) is 0 Å². The molecule has 1 radical (unpaired) electrons. The van der Waals surface area contributed by atoms with Crippen molar-refractivity contribution in [2.45, 2.75) is 5.60 Å². The minimum Gasteiger partial charge on any atom is -0.508 e. The Labute approximate surface area is 164 Å². The van der Waals surface area contributed by atoms with Crippen LogP contribution in [0, 0.1) is 0 Å². The fraction of sp³-hybridized carbons (Fsp3) is 0.0500. The molecule has 0 amide bonds. The van der Waals surface area contributed by atoms with Gasteiger partial charge in [0.05, 0.1) is 5.56 Å². The van der Waals surface area contributed by atoms with Crippen LogP contribution in [0.25, 0.3) is 0 Å². The first-order valence-corrected chi connectivity index (χ1v) is 7.77. The van der Waals surface area contributed by atoms with Crippen LogP contribution in [-0.4, -0.2) is 16.2 Å². The predicted octanol–water partition coefficient (Wildman–Crippen LogP) is 3.66. The number of phenolic OH excluding ortho intramolecular Hbond substituents is 2. The smallest absolute Gasteiger partial charge is 0.340 e. The fourth-order valence-electron chi connectivity index (χ4n) is 3.65. The number of aromatic hydroxyl groups is 2. The number of benzene rings is 3. The van der Waals surface area contributed by atoms with Gasteiger partial charge in [0, 0.05) is 51.2 Å². The molecule has 3 aromatic rings. The molecule has 0 aromatic heterocycles. The van der Waals surface area contributed by atoms with Crippen molar-refractivity contribution in [1.29, 1.82) is 0 Å². The van der Waals surface area contributed by atoms with Crippen molar-refractivity contribution in [1.82, 2.24) is 0 Å². The number of phenols is 2. The van der Waals surface area contributed by atoms with E-state index in [1.165, 1.54) is 24.3 Å². The summed E-state index contributed by atoms with van der Waals surface area (Å²) in [5.74, 6) is 0.408. The van der Waals surface area contributed by atoms with Crippen LogP contribution in [0.5, 0.6) is 23.0 Å². The second-order valence-electron chi connectivity index (χ2n) is 6.08. The SMILES string of the molecule is O=C1OC2(c3ccc(O)cc3Oc3cc(O)ccc32)c2ccccc21.[Ag]. The molecule has 26 heavy (non-hydrogen) atoms. The van der Waals surface area contributed by atoms with Crippen LogP contribution in [-0.2, 0) is 32.7 Å². The quantitative estimate of drug-likeness (QED) is 0.412. The number of hydrogen-bond acceptors (Lipinski definition) is 5. The molecular formula is C20H12AgO5. The first-order chi connectivity index (χ1) is 12.1. The van der Waals surface area contributed by atoms with Crippen LogP contribution in [0.15, 0.2) is 60.7 Å². The summed E-state index contributed by atoms with van der Waals surface area (Å²) in [6.07, 6.45) is 0. The Morgan fingerprint density at radius 1 is 0.769 bits per heavy atom. The van der Waals surface area contributed by atoms with Crippen molar-refractivity contribution in [2.24, 2.45) is 0 Å². The number of ether oxygens (including phenoxy) is 2. The van der Waals surface area contributed by atoms with Crippen LogP contribution < -0.4 is 4.74 Å². The molecule has 0 bridgehead atoms. The van der Waals surface area contributed by atoms with Crippen LogP contribution in [0.4, 0.5) is 0 Å². The molecule has 2 aliphatic rings. The van der Waals surface area contributed by atoms with Crippen molar-refractivity contribution >= 4 is 5.97 Å². The Morgan fingerprint density at radius 2 is 1.35 bits per heavy atom. The van der Waals surface area contributed by atoms with Gasteiger partial charge in [0.25, 0.3) is 0 Å². The zero-order chi connectivity index (χ0) is 17.2. The van der Waals surface area contributed by atoms with E-state index in [9.17, 15) is 15.0 Å². The molecule has 133 valence electrons. The summed E-state index contributed by atoms with van der Waals surface area (Å²) in [6, 6.07) is 16.6. The largest absolute Gasteiger partial charge is 0.508 e. The van der Waals surface area contributed by atoms with Gasteiger partial charge in [-0.3, -0.25) is 0 Å². The van der Waals surface area contributed by atoms with E-state index < -0.39 is 11.6 Å². The van der Waals surface area contributed by atoms with Gasteiger partial charge < -0.3 is 19.7 Å². The standard InChI is InChI=1S/C20H12O5.Ag/c21-11-5-7-15-17(9-11)24-18-10-12(22)6-8-16(18)20(15)14-4-2-1-3-13(14)19(23)25-20;/h1-10,21-22H;. The van der Waals surface area contributed by atoms with E-state index in [2.05, 4.69) is 0 Å². The zero-order valence-electron chi connectivity index (χ0n) is 13.2. The third kappa shape index (κ3) is 2.05. The van der Waals surface area contributed by atoms with Crippen molar-refractivity contribution in [3.8, 4) is 23.0 Å². The molecule has 0 aliphatic carbocycles. The Hall–Kier alpha value is -2.73. The minimum atomic E-state index is -1.17. The second-order valence-corrected chi connectivity index (χ2v) is 6.08. The fourth-order valence-corrected chi connectivity index (χ4v) is 3.65. The molecule has 2 N–H and O–H groups in total. The number of hydrogen-bond donors (Lipinski definition) is 2. The van der Waals surface area contributed by atoms with Crippen LogP contribution >= 0.6 is 0 Å². The van der Waals surface area contributed by atoms with Crippen molar-refractivity contribution in [3.05, 3.63) is 82.9 Å². The number of rotatable bonds is 0. The van der Waals surface area contributed by atoms with Crippen LogP contribution in [0.2, 0.25) is 0 Å². The molecule has 0 atom stereocenters. The third-order valence-corrected chi connectivity index (χ3v) is 4.68. The average Bonchev–Trinajstić information content (AvgIpc) is 2.88. The first kappa shape index (κ1) is 16.7. The number of carbonyl (C=O) groups excluding carboxylic acids is 1. The molecule has 5 rings (SSSR count). The van der Waals surface area contributed by atoms with Gasteiger partial charge in [0.2, 0.25) is 0 Å². The van der Waals surface area contributed by atoms with Crippen LogP contribution in [0.3, 0.4) is 0 Å². The Balaban J connectivity index is 0.00000168. The van der Waals surface area contributed by atoms with Gasteiger partial charge in [-0.05, 0) is 30.3 Å². The molecule has 0 saturated heterocycles. The molecular weight excluding hydrogens is 428 g/mol. The summed E-state index contributed by atoms with van der Waals surface area (Å²) in [6.45, 7) is 0. The number of fused-ring (bicyclic) bond motifs is 6. The normalized spacial score (nSPS) is 15.2. The third-order valence-electron chi connectivity index (χ3n) is 4.68. The van der Waals surface area contributed by atoms with Crippen molar-refractivity contribution < 1.29 is 46.9 Å². The summed E-state index contributed by atoms with van der Waals surface area (Å²) < 4.78 is 11.8. The predicted molar refractivity (Wildman–Crippen MR) is 88.0 cm³/mol. The maximum atomic E-state index is 12.5. The molecule has 0 saturated carbocycles. The van der Waals surface area contributed by atoms with Crippen LogP contribution in [0.1, 0.15) is 27.0 Å². The van der Waals surface area contributed by atoms with E-state index in [0.29, 0.717) is 33.8 Å². The van der Waals surface area contributed by atoms with Gasteiger partial charge in [0.1, 0.15) is 23.0 Å². The van der Waals surface area contributed by atoms with E-state index in [4.69, 9.17) is 9.47 Å². The van der Waals surface area contributed by atoms with Gasteiger partial charge >= 0.3 is 5.97 Å². The molecule has 0 unspecified atom stereocenters. The Kier molecular flexibility index (Phi) is 3.63. The van der Waals surface area contributed by atoms with Gasteiger partial charge in [-0.15, -0.1) is 0 Å². The molecule has 0 fully saturated rings. The second kappa shape index (κ2) is 5.64. The van der Waals surface area contributed by atoms with Crippen molar-refractivity contribution in [2.75, 3.05) is 0 Å². The summed E-state index contributed by atoms with van der Waals surface area (Å²) in [5.41, 5.74) is 1.28. The summed E-state index contributed by atoms with van der Waals surface area (Å²) in [7, 11) is 0. The Morgan fingerprint density at radius 3 is 1.96 bits per heavy atom. The van der Waals surface area contributed by atoms with E-state index in [-0.39, 0.29) is 33.9 Å². The van der Waals surface area contributed by atoms with Gasteiger partial charge in [-0.1, -0.05) is 18.2 Å². The molecule has 6 heteroatoms. The molecule has 2 aliphatic heterocycles. The monoisotopic (exact) mass is 439 g/mol. The number of esters is 1. The molecule has 1 spiro atoms. The van der Waals surface area contributed by atoms with E-state index >= 15 is 0 Å². The summed E-state index contributed by atoms with van der Waals surface area (Å²) in [5, 5.41) is 19.7. The van der Waals surface area contributed by atoms with Gasteiger partial charge in [0.15, 0.2) is 5.60 Å². The number of carbonyl (C=O) groups is 1. The van der Waals surface area contributed by atoms with E-state index in [1.807, 2.05) is 12.1 Å². The van der Waals surface area contributed by atoms with E-state index in [1.54, 1.807) is 24.3 Å². The molecule has 5 nitrogen and oxygen atoms in total. The topological polar surface area (TPSA) is 76.0 Å². The van der Waals surface area contributed by atoms with Crippen molar-refractivity contribution in [3.63, 3.8) is 0 Å². The first-order valence-electron chi connectivity index (χ1n) is 7.77. The summed E-state index contributed by atoms with van der Waals surface area (Å²) >= 11 is 0. The van der Waals surface area contributed by atoms with Gasteiger partial charge in [-0.25, -0.2) is 4.79 Å². The Bertz CT molecular complexity index is 1010. The maximum absolute atomic E-state index is 12.5. The summed E-state index contributed by atoms with van der Waals surface area (Å²) in [4.78, 5) is 12.5. The maximum Gasteiger partial charge on any atom is 0.340 e. The zero-order valence-corrected chi connectivity index (χ0v) is 14.7. The average molecular weight is 440 g/mol. The molecule has 2 heterocycles. The van der Waals surface area contributed by atoms with E-state index in [0.717, 1.165) is 0 Å². The molecule has 3 aromatic carbocycles. The minimum absolute atomic E-state index is 0.